The Morgan fingerprint density at radius 2 is 1.02 bits per heavy atom. The SMILES string of the molecule is CCOC(=O)COc1cc(C)c(-c2nc3ccc(C(=O)Nc4cccc(Cl)c4)cc3[nH]2)c(C)c1.Cc1cc(OCC(=O)O)cc(C)c1-c1nc2ccc(C(=O)Nc3cccc(Cl)c3)cc2[nH]1. The summed E-state index contributed by atoms with van der Waals surface area (Å²) in [5.41, 5.74) is 10.7. The van der Waals surface area contributed by atoms with Gasteiger partial charge in [0.25, 0.3) is 11.8 Å². The lowest BCUT2D eigenvalue weighted by Crippen LogP contribution is -2.14. The number of amides is 2. The number of carbonyl (C=O) groups is 4. The van der Waals surface area contributed by atoms with Gasteiger partial charge in [0.15, 0.2) is 13.2 Å². The van der Waals surface area contributed by atoms with Gasteiger partial charge in [0.2, 0.25) is 0 Å². The van der Waals surface area contributed by atoms with Gasteiger partial charge in [0.05, 0.1) is 28.7 Å². The zero-order valence-electron chi connectivity index (χ0n) is 36.5. The van der Waals surface area contributed by atoms with Crippen LogP contribution in [0.2, 0.25) is 10.0 Å². The Balaban J connectivity index is 0.000000197. The summed E-state index contributed by atoms with van der Waals surface area (Å²) < 4.78 is 15.8. The molecule has 8 aromatic rings. The maximum absolute atomic E-state index is 12.7. The number of nitrogens with zero attached hydrogens (tertiary/aromatic N) is 2. The minimum absolute atomic E-state index is 0.142. The molecule has 0 fully saturated rings. The number of halogens is 2. The zero-order valence-corrected chi connectivity index (χ0v) is 38.0. The van der Waals surface area contributed by atoms with E-state index in [0.717, 1.165) is 55.4 Å². The number of benzene rings is 6. The highest BCUT2D eigenvalue weighted by Crippen LogP contribution is 2.33. The zero-order chi connectivity index (χ0) is 47.1. The lowest BCUT2D eigenvalue weighted by atomic mass is 10.0. The number of hydrogen-bond acceptors (Lipinski definition) is 9. The van der Waals surface area contributed by atoms with Crippen molar-refractivity contribution >= 4 is 80.4 Å². The Morgan fingerprint density at radius 3 is 1.41 bits per heavy atom. The molecule has 0 aliphatic heterocycles. The molecule has 0 spiro atoms. The maximum atomic E-state index is 12.7. The molecule has 2 heterocycles. The van der Waals surface area contributed by atoms with Crippen molar-refractivity contribution in [3.63, 3.8) is 0 Å². The number of hydrogen-bond donors (Lipinski definition) is 5. The topological polar surface area (TPSA) is 198 Å². The highest BCUT2D eigenvalue weighted by molar-refractivity contribution is 6.31. The van der Waals surface area contributed by atoms with E-state index < -0.39 is 18.5 Å². The van der Waals surface area contributed by atoms with Crippen LogP contribution in [0.5, 0.6) is 11.5 Å². The van der Waals surface area contributed by atoms with Gasteiger partial charge >= 0.3 is 11.9 Å². The molecule has 2 amide bonds. The number of nitrogens with one attached hydrogen (secondary N) is 4. The lowest BCUT2D eigenvalue weighted by molar-refractivity contribution is -0.145. The first-order valence-corrected chi connectivity index (χ1v) is 21.4. The van der Waals surface area contributed by atoms with Crippen molar-refractivity contribution in [1.29, 1.82) is 0 Å². The number of esters is 1. The monoisotopic (exact) mass is 926 g/mol. The van der Waals surface area contributed by atoms with Crippen LogP contribution in [0.3, 0.4) is 0 Å². The minimum atomic E-state index is -1.03. The third-order valence-corrected chi connectivity index (χ3v) is 10.6. The Labute approximate surface area is 389 Å². The largest absolute Gasteiger partial charge is 0.482 e. The second-order valence-corrected chi connectivity index (χ2v) is 16.1. The Kier molecular flexibility index (Phi) is 14.3. The minimum Gasteiger partial charge on any atom is -0.482 e. The normalized spacial score (nSPS) is 10.8. The number of aromatic nitrogens is 4. The predicted molar refractivity (Wildman–Crippen MR) is 256 cm³/mol. The van der Waals surface area contributed by atoms with Crippen molar-refractivity contribution in [2.45, 2.75) is 34.6 Å². The summed E-state index contributed by atoms with van der Waals surface area (Å²) in [4.78, 5) is 63.7. The average Bonchev–Trinajstić information content (AvgIpc) is 3.88. The average molecular weight is 928 g/mol. The van der Waals surface area contributed by atoms with Gasteiger partial charge in [-0.2, -0.15) is 0 Å². The molecular formula is C50H44Cl2N6O8. The molecule has 8 rings (SSSR count). The molecule has 5 N–H and O–H groups in total. The highest BCUT2D eigenvalue weighted by Gasteiger charge is 2.17. The molecule has 0 aliphatic carbocycles. The molecule has 0 radical (unpaired) electrons. The van der Waals surface area contributed by atoms with Crippen molar-refractivity contribution < 1.29 is 38.5 Å². The summed E-state index contributed by atoms with van der Waals surface area (Å²) >= 11 is 12.0. The molecule has 14 nitrogen and oxygen atoms in total. The second kappa shape index (κ2) is 20.4. The summed E-state index contributed by atoms with van der Waals surface area (Å²) in [6.07, 6.45) is 0. The Bertz CT molecular complexity index is 3100. The fraction of sp³-hybridized carbons (Fsp3) is 0.160. The van der Waals surface area contributed by atoms with Crippen molar-refractivity contribution in [1.82, 2.24) is 19.9 Å². The number of aliphatic carboxylic acids is 1. The number of carboxylic acid groups (broad SMARTS) is 1. The first-order valence-electron chi connectivity index (χ1n) is 20.6. The van der Waals surface area contributed by atoms with Crippen LogP contribution < -0.4 is 20.1 Å². The first-order chi connectivity index (χ1) is 31.6. The van der Waals surface area contributed by atoms with Crippen LogP contribution >= 0.6 is 23.2 Å². The van der Waals surface area contributed by atoms with Gasteiger partial charge < -0.3 is 39.9 Å². The van der Waals surface area contributed by atoms with Crippen molar-refractivity contribution in [2.75, 3.05) is 30.5 Å². The molecule has 0 atom stereocenters. The predicted octanol–water partition coefficient (Wildman–Crippen LogP) is 10.9. The number of imidazole rings is 2. The number of anilines is 2. The highest BCUT2D eigenvalue weighted by atomic mass is 35.5. The maximum Gasteiger partial charge on any atom is 0.344 e. The van der Waals surface area contributed by atoms with Crippen molar-refractivity contribution in [3.8, 4) is 34.3 Å². The molecule has 0 unspecified atom stereocenters. The fourth-order valence-electron chi connectivity index (χ4n) is 7.33. The van der Waals surface area contributed by atoms with E-state index in [9.17, 15) is 19.2 Å². The van der Waals surface area contributed by atoms with Crippen LogP contribution in [0, 0.1) is 27.7 Å². The number of carbonyl (C=O) groups excluding carboxylic acids is 3. The van der Waals surface area contributed by atoms with Crippen LogP contribution in [-0.2, 0) is 14.3 Å². The van der Waals surface area contributed by atoms with E-state index in [2.05, 4.69) is 25.6 Å². The first kappa shape index (κ1) is 46.3. The summed E-state index contributed by atoms with van der Waals surface area (Å²) in [5, 5.41) is 15.6. The molecule has 336 valence electrons. The third-order valence-electron chi connectivity index (χ3n) is 10.2. The Hall–Kier alpha value is -7.68. The van der Waals surface area contributed by atoms with Crippen LogP contribution in [0.25, 0.3) is 44.8 Å². The number of rotatable bonds is 13. The van der Waals surface area contributed by atoms with Crippen molar-refractivity contribution in [3.05, 3.63) is 153 Å². The molecular weight excluding hydrogens is 883 g/mol. The van der Waals surface area contributed by atoms with Gasteiger partial charge in [-0.15, -0.1) is 0 Å². The molecule has 0 aliphatic rings. The van der Waals surface area contributed by atoms with E-state index in [-0.39, 0.29) is 18.4 Å². The molecule has 16 heteroatoms. The Morgan fingerprint density at radius 1 is 0.591 bits per heavy atom. The van der Waals surface area contributed by atoms with Gasteiger partial charge in [-0.3, -0.25) is 9.59 Å². The molecule has 6 aromatic carbocycles. The molecule has 0 bridgehead atoms. The van der Waals surface area contributed by atoms with Gasteiger partial charge in [0, 0.05) is 43.7 Å². The van der Waals surface area contributed by atoms with E-state index in [1.54, 1.807) is 97.9 Å². The number of H-pyrrole nitrogens is 2. The quantitative estimate of drug-likeness (QED) is 0.0694. The molecule has 0 saturated carbocycles. The number of fused-ring (bicyclic) bond motifs is 2. The van der Waals surface area contributed by atoms with E-state index in [1.807, 2.05) is 45.9 Å². The second-order valence-electron chi connectivity index (χ2n) is 15.2. The summed E-state index contributed by atoms with van der Waals surface area (Å²) in [6.45, 7) is 9.26. The van der Waals surface area contributed by atoms with E-state index >= 15 is 0 Å². The van der Waals surface area contributed by atoms with Crippen LogP contribution in [0.15, 0.2) is 109 Å². The van der Waals surface area contributed by atoms with Crippen LogP contribution in [0.1, 0.15) is 49.9 Å². The van der Waals surface area contributed by atoms with E-state index in [4.69, 9.17) is 47.5 Å². The lowest BCUT2D eigenvalue weighted by Gasteiger charge is -2.12. The number of aromatic amines is 2. The van der Waals surface area contributed by atoms with E-state index in [1.165, 1.54) is 0 Å². The smallest absolute Gasteiger partial charge is 0.344 e. The molecule has 66 heavy (non-hydrogen) atoms. The summed E-state index contributed by atoms with van der Waals surface area (Å²) in [6, 6.07) is 31.8. The standard InChI is InChI=1S/C26H24ClN3O4.C24H20ClN3O4/c1-4-33-23(31)14-34-20-10-15(2)24(16(3)11-20)25-29-21-9-8-17(12-22(21)30-25)26(32)28-19-7-5-6-18(27)13-19;1-13-8-18(32-12-21(29)30)9-14(2)22(13)23-27-19-7-6-15(10-20(19)28-23)24(31)26-17-5-3-4-16(25)11-17/h5-13H,4,14H2,1-3H3,(H,28,32)(H,29,30);3-11H,12H2,1-2H3,(H,26,31)(H,27,28)(H,29,30). The van der Waals surface area contributed by atoms with Crippen molar-refractivity contribution in [2.24, 2.45) is 0 Å². The number of carboxylic acids is 1. The third kappa shape index (κ3) is 11.3. The van der Waals surface area contributed by atoms with E-state index in [0.29, 0.717) is 62.3 Å². The summed E-state index contributed by atoms with van der Waals surface area (Å²) in [5.74, 6) is 0.492. The van der Waals surface area contributed by atoms with Gasteiger partial charge in [-0.1, -0.05) is 35.3 Å². The number of aryl methyl sites for hydroxylation is 4. The number of ether oxygens (including phenoxy) is 3. The van der Waals surface area contributed by atoms with Gasteiger partial charge in [-0.25, -0.2) is 19.6 Å². The summed E-state index contributed by atoms with van der Waals surface area (Å²) in [7, 11) is 0. The van der Waals surface area contributed by atoms with Crippen LogP contribution in [-0.4, -0.2) is 68.6 Å². The molecule has 2 aromatic heterocycles. The van der Waals surface area contributed by atoms with Crippen LogP contribution in [0.4, 0.5) is 11.4 Å². The van der Waals surface area contributed by atoms with Gasteiger partial charge in [0.1, 0.15) is 23.1 Å². The fourth-order valence-corrected chi connectivity index (χ4v) is 7.71. The molecule has 0 saturated heterocycles. The van der Waals surface area contributed by atoms with Gasteiger partial charge in [-0.05, 0) is 154 Å².